The van der Waals surface area contributed by atoms with E-state index in [1.54, 1.807) is 7.05 Å². The number of amides is 2. The van der Waals surface area contributed by atoms with Crippen LogP contribution in [0.5, 0.6) is 0 Å². The fourth-order valence-corrected chi connectivity index (χ4v) is 5.86. The largest absolute Gasteiger partial charge is 0.477 e. The third-order valence-electron chi connectivity index (χ3n) is 4.97. The smallest absolute Gasteiger partial charge is 0.352 e. The van der Waals surface area contributed by atoms with Crippen molar-refractivity contribution < 1.29 is 29.3 Å². The lowest BCUT2D eigenvalue weighted by atomic mass is 9.98. The topological polar surface area (TPSA) is 190 Å². The van der Waals surface area contributed by atoms with Gasteiger partial charge in [0.15, 0.2) is 0 Å². The highest BCUT2D eigenvalue weighted by molar-refractivity contribution is 8.01. The fraction of sp³-hybridized carbons (Fsp3) is 0.500. The van der Waals surface area contributed by atoms with Crippen molar-refractivity contribution in [1.82, 2.24) is 45.4 Å². The molecule has 1 saturated heterocycles. The van der Waals surface area contributed by atoms with Crippen molar-refractivity contribution in [1.29, 1.82) is 0 Å². The molecule has 33 heavy (non-hydrogen) atoms. The Morgan fingerprint density at radius 1 is 1.39 bits per heavy atom. The van der Waals surface area contributed by atoms with Gasteiger partial charge in [-0.25, -0.2) is 14.2 Å². The highest BCUT2D eigenvalue weighted by Crippen LogP contribution is 2.47. The van der Waals surface area contributed by atoms with E-state index in [0.29, 0.717) is 16.5 Å². The molecule has 1 fully saturated rings. The summed E-state index contributed by atoms with van der Waals surface area (Å²) in [5.74, 6) is -1.96. The number of β-lactam (4-membered cyclic amide) rings is 1. The van der Waals surface area contributed by atoms with Crippen molar-refractivity contribution in [3.63, 3.8) is 0 Å². The number of methoxy groups -OCH3 is 1. The molecule has 3 N–H and O–H groups in total. The van der Waals surface area contributed by atoms with Gasteiger partial charge < -0.3 is 20.3 Å². The monoisotopic (exact) mass is 497 g/mol. The van der Waals surface area contributed by atoms with Gasteiger partial charge in [0.25, 0.3) is 11.6 Å². The summed E-state index contributed by atoms with van der Waals surface area (Å²) in [6.07, 6.45) is 1.39. The van der Waals surface area contributed by atoms with Crippen molar-refractivity contribution in [3.05, 3.63) is 23.2 Å². The molecule has 4 rings (SSSR count). The lowest BCUT2D eigenvalue weighted by Crippen LogP contribution is -2.80. The first kappa shape index (κ1) is 23.1. The van der Waals surface area contributed by atoms with Gasteiger partial charge in [0.05, 0.1) is 12.8 Å². The number of rotatable bonds is 9. The van der Waals surface area contributed by atoms with Crippen LogP contribution in [0.1, 0.15) is 5.69 Å². The molecule has 15 nitrogen and oxygen atoms in total. The molecule has 0 bridgehead atoms. The number of carbonyl (C=O) groups is 3. The Morgan fingerprint density at radius 2 is 2.18 bits per heavy atom. The van der Waals surface area contributed by atoms with Crippen molar-refractivity contribution >= 4 is 41.3 Å². The lowest BCUT2D eigenvalue weighted by molar-refractivity contribution is -0.192. The molecule has 2 atom stereocenters. The Hall–Kier alpha value is -3.02. The van der Waals surface area contributed by atoms with Crippen LogP contribution in [0.3, 0.4) is 0 Å². The van der Waals surface area contributed by atoms with Crippen LogP contribution in [-0.4, -0.2) is 97.8 Å². The highest BCUT2D eigenvalue weighted by atomic mass is 32.2. The summed E-state index contributed by atoms with van der Waals surface area (Å²) in [6.45, 7) is -0.591. The number of aryl methyl sites for hydroxylation is 1. The number of thioether (sulfide) groups is 2. The minimum atomic E-state index is -1.71. The standard InChI is InChI=1S/C16H19N9O6S2/c1-23-15(19-20-22-23)33-7-8-6-32-14-16(31-2,13(30)25(14)11(8)12(28)29)17-10(27)4-24-3-9(5-26)18-21-24/h3,14,26H,4-7H2,1-2H3,(H,17,27)(H,28,29)/t14-,16+/m1/s1. The van der Waals surface area contributed by atoms with E-state index < -0.39 is 28.9 Å². The normalized spacial score (nSPS) is 22.2. The highest BCUT2D eigenvalue weighted by Gasteiger charge is 2.66. The second-order valence-electron chi connectivity index (χ2n) is 7.02. The van der Waals surface area contributed by atoms with Gasteiger partial charge in [0.2, 0.25) is 11.1 Å². The van der Waals surface area contributed by atoms with Gasteiger partial charge in [-0.3, -0.25) is 14.5 Å². The maximum absolute atomic E-state index is 13.1. The zero-order valence-corrected chi connectivity index (χ0v) is 19.0. The summed E-state index contributed by atoms with van der Waals surface area (Å²) in [4.78, 5) is 38.8. The summed E-state index contributed by atoms with van der Waals surface area (Å²) in [6, 6.07) is 0. The predicted octanol–water partition coefficient (Wildman–Crippen LogP) is -2.20. The molecule has 176 valence electrons. The number of tetrazole rings is 1. The molecule has 17 heteroatoms. The Balaban J connectivity index is 1.51. The molecule has 2 aliphatic heterocycles. The average Bonchev–Trinajstić information content (AvgIpc) is 3.43. The molecular formula is C16H19N9O6S2. The minimum absolute atomic E-state index is 0.142. The summed E-state index contributed by atoms with van der Waals surface area (Å²) >= 11 is 2.53. The molecular weight excluding hydrogens is 478 g/mol. The van der Waals surface area contributed by atoms with E-state index in [1.807, 2.05) is 0 Å². The van der Waals surface area contributed by atoms with Crippen LogP contribution in [0.2, 0.25) is 0 Å². The van der Waals surface area contributed by atoms with Crippen LogP contribution in [0, 0.1) is 0 Å². The lowest BCUT2D eigenvalue weighted by Gasteiger charge is -2.55. The summed E-state index contributed by atoms with van der Waals surface area (Å²) < 4.78 is 8.08. The van der Waals surface area contributed by atoms with Crippen LogP contribution in [-0.2, 0) is 39.3 Å². The van der Waals surface area contributed by atoms with Crippen LogP contribution in [0.25, 0.3) is 0 Å². The van der Waals surface area contributed by atoms with Gasteiger partial charge in [-0.1, -0.05) is 17.0 Å². The third-order valence-corrected chi connectivity index (χ3v) is 7.44. The number of hydrogen-bond acceptors (Lipinski definition) is 12. The zero-order valence-electron chi connectivity index (χ0n) is 17.4. The molecule has 0 aliphatic carbocycles. The SMILES string of the molecule is CO[C@@]1(NC(=O)Cn2cc(CO)nn2)C(=O)N2C(C(=O)O)=C(CSc3nnnn3C)CS[C@@H]21. The molecule has 0 radical (unpaired) electrons. The third kappa shape index (κ3) is 4.07. The summed E-state index contributed by atoms with van der Waals surface area (Å²) in [5.41, 5.74) is -1.04. The Bertz CT molecular complexity index is 1130. The van der Waals surface area contributed by atoms with Crippen LogP contribution in [0.15, 0.2) is 22.6 Å². The Labute approximate surface area is 194 Å². The van der Waals surface area contributed by atoms with E-state index in [0.717, 1.165) is 4.90 Å². The first-order valence-corrected chi connectivity index (χ1v) is 11.5. The van der Waals surface area contributed by atoms with E-state index in [4.69, 9.17) is 9.84 Å². The van der Waals surface area contributed by atoms with E-state index in [1.165, 1.54) is 46.2 Å². The number of carboxylic acids is 1. The van der Waals surface area contributed by atoms with Crippen LogP contribution >= 0.6 is 23.5 Å². The van der Waals surface area contributed by atoms with Gasteiger partial charge >= 0.3 is 5.97 Å². The first-order valence-electron chi connectivity index (χ1n) is 9.42. The van der Waals surface area contributed by atoms with Crippen molar-refractivity contribution in [2.45, 2.75) is 29.4 Å². The summed E-state index contributed by atoms with van der Waals surface area (Å²) in [5, 5.41) is 39.7. The number of aliphatic hydroxyl groups is 1. The Kier molecular flexibility index (Phi) is 6.37. The number of fused-ring (bicyclic) bond motifs is 1. The van der Waals surface area contributed by atoms with E-state index in [-0.39, 0.29) is 30.3 Å². The minimum Gasteiger partial charge on any atom is -0.477 e. The average molecular weight is 498 g/mol. The number of carbonyl (C=O) groups excluding carboxylic acids is 2. The second-order valence-corrected chi connectivity index (χ2v) is 9.03. The van der Waals surface area contributed by atoms with Gasteiger partial charge in [0.1, 0.15) is 23.3 Å². The molecule has 2 aromatic rings. The van der Waals surface area contributed by atoms with E-state index >= 15 is 0 Å². The molecule has 0 saturated carbocycles. The molecule has 2 amide bonds. The first-order chi connectivity index (χ1) is 15.8. The molecule has 0 aromatic carbocycles. The molecule has 0 unspecified atom stereocenters. The molecule has 2 aliphatic rings. The number of aromatic nitrogens is 7. The van der Waals surface area contributed by atoms with Gasteiger partial charge in [-0.2, -0.15) is 0 Å². The Morgan fingerprint density at radius 3 is 2.79 bits per heavy atom. The number of nitrogens with zero attached hydrogens (tertiary/aromatic N) is 8. The quantitative estimate of drug-likeness (QED) is 0.192. The molecule has 4 heterocycles. The van der Waals surface area contributed by atoms with Gasteiger partial charge in [0, 0.05) is 25.7 Å². The number of carboxylic acid groups (broad SMARTS) is 1. The molecule has 2 aromatic heterocycles. The van der Waals surface area contributed by atoms with Crippen molar-refractivity contribution in [2.75, 3.05) is 18.6 Å². The maximum atomic E-state index is 13.1. The van der Waals surface area contributed by atoms with E-state index in [2.05, 4.69) is 31.2 Å². The maximum Gasteiger partial charge on any atom is 0.352 e. The van der Waals surface area contributed by atoms with Gasteiger partial charge in [-0.15, -0.1) is 22.0 Å². The number of ether oxygens (including phenoxy) is 1. The van der Waals surface area contributed by atoms with Crippen molar-refractivity contribution in [2.24, 2.45) is 7.05 Å². The van der Waals surface area contributed by atoms with Crippen LogP contribution < -0.4 is 5.32 Å². The number of nitrogens with one attached hydrogen (secondary N) is 1. The van der Waals surface area contributed by atoms with Gasteiger partial charge in [-0.05, 0) is 16.0 Å². The van der Waals surface area contributed by atoms with Crippen molar-refractivity contribution in [3.8, 4) is 0 Å². The number of hydrogen-bond donors (Lipinski definition) is 3. The second kappa shape index (κ2) is 9.08. The van der Waals surface area contributed by atoms with E-state index in [9.17, 15) is 19.5 Å². The number of aliphatic carboxylic acids is 1. The van der Waals surface area contributed by atoms with Crippen LogP contribution in [0.4, 0.5) is 0 Å². The zero-order chi connectivity index (χ0) is 23.8. The predicted molar refractivity (Wildman–Crippen MR) is 111 cm³/mol. The summed E-state index contributed by atoms with van der Waals surface area (Å²) in [7, 11) is 2.94. The molecule has 0 spiro atoms. The number of aliphatic hydroxyl groups excluding tert-OH is 1. The fourth-order valence-electron chi connectivity index (χ4n) is 3.43.